The van der Waals surface area contributed by atoms with E-state index in [-0.39, 0.29) is 0 Å². The van der Waals surface area contributed by atoms with Gasteiger partial charge in [-0.25, -0.2) is 14.7 Å². The number of thiazole rings is 1. The molecule has 6 heteroatoms. The summed E-state index contributed by atoms with van der Waals surface area (Å²) in [7, 11) is 1.67. The SMILES string of the molecule is COc1ccc(/C=N/c2nc3c(s2)CCc2c-3c(C)nn2-c2ccccc2)cc1. The summed E-state index contributed by atoms with van der Waals surface area (Å²) in [5.74, 6) is 0.838. The molecule has 0 bridgehead atoms. The maximum absolute atomic E-state index is 5.20. The van der Waals surface area contributed by atoms with Crippen molar-refractivity contribution in [2.75, 3.05) is 7.11 Å². The Kier molecular flexibility index (Phi) is 4.48. The van der Waals surface area contributed by atoms with E-state index in [9.17, 15) is 0 Å². The second-order valence-electron chi connectivity index (χ2n) is 6.95. The summed E-state index contributed by atoms with van der Waals surface area (Å²) in [4.78, 5) is 10.8. The van der Waals surface area contributed by atoms with Crippen LogP contribution in [0.3, 0.4) is 0 Å². The second kappa shape index (κ2) is 7.29. The molecule has 0 saturated heterocycles. The first-order valence-corrected chi connectivity index (χ1v) is 10.4. The van der Waals surface area contributed by atoms with Crippen LogP contribution in [-0.4, -0.2) is 28.1 Å². The Morgan fingerprint density at radius 2 is 1.86 bits per heavy atom. The van der Waals surface area contributed by atoms with E-state index < -0.39 is 0 Å². The average molecular weight is 401 g/mol. The monoisotopic (exact) mass is 400 g/mol. The second-order valence-corrected chi connectivity index (χ2v) is 8.02. The zero-order valence-electron chi connectivity index (χ0n) is 16.3. The van der Waals surface area contributed by atoms with Gasteiger partial charge in [0.25, 0.3) is 0 Å². The lowest BCUT2D eigenvalue weighted by atomic mass is 9.98. The quantitative estimate of drug-likeness (QED) is 0.445. The van der Waals surface area contributed by atoms with Crippen LogP contribution in [0.1, 0.15) is 21.8 Å². The lowest BCUT2D eigenvalue weighted by Gasteiger charge is -2.13. The zero-order chi connectivity index (χ0) is 19.8. The van der Waals surface area contributed by atoms with E-state index in [1.165, 1.54) is 10.6 Å². The van der Waals surface area contributed by atoms with Gasteiger partial charge in [0.1, 0.15) is 5.75 Å². The van der Waals surface area contributed by atoms with E-state index in [4.69, 9.17) is 14.8 Å². The smallest absolute Gasteiger partial charge is 0.209 e. The molecule has 144 valence electrons. The van der Waals surface area contributed by atoms with Crippen LogP contribution in [0.15, 0.2) is 59.6 Å². The van der Waals surface area contributed by atoms with Crippen LogP contribution < -0.4 is 4.74 Å². The van der Waals surface area contributed by atoms with E-state index in [1.807, 2.05) is 48.7 Å². The highest BCUT2D eigenvalue weighted by Gasteiger charge is 2.27. The van der Waals surface area contributed by atoms with Gasteiger partial charge in [-0.2, -0.15) is 5.10 Å². The maximum Gasteiger partial charge on any atom is 0.209 e. The number of benzene rings is 2. The largest absolute Gasteiger partial charge is 0.497 e. The number of para-hydroxylation sites is 1. The minimum Gasteiger partial charge on any atom is -0.497 e. The van der Waals surface area contributed by atoms with Crippen molar-refractivity contribution in [1.29, 1.82) is 0 Å². The first-order chi connectivity index (χ1) is 14.2. The summed E-state index contributed by atoms with van der Waals surface area (Å²) >= 11 is 1.67. The summed E-state index contributed by atoms with van der Waals surface area (Å²) in [6.07, 6.45) is 3.78. The van der Waals surface area contributed by atoms with Gasteiger partial charge in [0, 0.05) is 16.7 Å². The molecule has 0 unspecified atom stereocenters. The summed E-state index contributed by atoms with van der Waals surface area (Å²) in [5, 5.41) is 5.59. The molecule has 0 amide bonds. The van der Waals surface area contributed by atoms with Gasteiger partial charge >= 0.3 is 0 Å². The van der Waals surface area contributed by atoms with Gasteiger partial charge in [0.15, 0.2) is 0 Å². The summed E-state index contributed by atoms with van der Waals surface area (Å²) < 4.78 is 7.27. The highest BCUT2D eigenvalue weighted by atomic mass is 32.1. The van der Waals surface area contributed by atoms with Crippen molar-refractivity contribution in [1.82, 2.24) is 14.8 Å². The summed E-state index contributed by atoms with van der Waals surface area (Å²) in [5.41, 5.74) is 6.56. The van der Waals surface area contributed by atoms with Crippen molar-refractivity contribution in [2.24, 2.45) is 4.99 Å². The predicted molar refractivity (Wildman–Crippen MR) is 117 cm³/mol. The number of rotatable bonds is 4. The third-order valence-corrected chi connectivity index (χ3v) is 6.13. The molecular formula is C23H20N4OS. The summed E-state index contributed by atoms with van der Waals surface area (Å²) in [6, 6.07) is 18.1. The van der Waals surface area contributed by atoms with Crippen molar-refractivity contribution in [2.45, 2.75) is 19.8 Å². The molecule has 0 atom stereocenters. The molecule has 4 aromatic rings. The molecular weight excluding hydrogens is 380 g/mol. The average Bonchev–Trinajstić information content (AvgIpc) is 3.33. The lowest BCUT2D eigenvalue weighted by molar-refractivity contribution is 0.415. The molecule has 5 nitrogen and oxygen atoms in total. The molecule has 5 rings (SSSR count). The van der Waals surface area contributed by atoms with Gasteiger partial charge < -0.3 is 4.74 Å². The molecule has 0 fully saturated rings. The molecule has 0 N–H and O–H groups in total. The molecule has 0 saturated carbocycles. The zero-order valence-corrected chi connectivity index (χ0v) is 17.1. The first-order valence-electron chi connectivity index (χ1n) is 9.55. The fourth-order valence-corrected chi connectivity index (χ4v) is 4.62. The first kappa shape index (κ1) is 17.8. The van der Waals surface area contributed by atoms with E-state index in [1.54, 1.807) is 18.4 Å². The lowest BCUT2D eigenvalue weighted by Crippen LogP contribution is -2.07. The molecule has 2 heterocycles. The van der Waals surface area contributed by atoms with Crippen LogP contribution in [0.5, 0.6) is 5.75 Å². The number of aliphatic imine (C=N–C) groups is 1. The predicted octanol–water partition coefficient (Wildman–Crippen LogP) is 5.16. The van der Waals surface area contributed by atoms with Gasteiger partial charge in [0.05, 0.1) is 29.9 Å². The van der Waals surface area contributed by atoms with Crippen molar-refractivity contribution in [3.05, 3.63) is 76.4 Å². The topological polar surface area (TPSA) is 52.3 Å². The number of ether oxygens (including phenoxy) is 1. The Bertz CT molecular complexity index is 1190. The van der Waals surface area contributed by atoms with Crippen molar-refractivity contribution in [3.8, 4) is 22.7 Å². The Balaban J connectivity index is 1.49. The highest BCUT2D eigenvalue weighted by molar-refractivity contribution is 7.15. The van der Waals surface area contributed by atoms with Gasteiger partial charge in [-0.3, -0.25) is 0 Å². The number of fused-ring (bicyclic) bond motifs is 3. The fourth-order valence-electron chi connectivity index (χ4n) is 3.71. The van der Waals surface area contributed by atoms with Crippen molar-refractivity contribution < 1.29 is 4.74 Å². The Labute approximate surface area is 173 Å². The van der Waals surface area contributed by atoms with E-state index in [0.717, 1.165) is 51.9 Å². The Morgan fingerprint density at radius 3 is 2.62 bits per heavy atom. The Morgan fingerprint density at radius 1 is 1.07 bits per heavy atom. The number of hydrogen-bond donors (Lipinski definition) is 0. The van der Waals surface area contributed by atoms with Crippen molar-refractivity contribution in [3.63, 3.8) is 0 Å². The third-order valence-electron chi connectivity index (χ3n) is 5.11. The summed E-state index contributed by atoms with van der Waals surface area (Å²) in [6.45, 7) is 2.06. The number of hydrogen-bond acceptors (Lipinski definition) is 5. The van der Waals surface area contributed by atoms with E-state index >= 15 is 0 Å². The van der Waals surface area contributed by atoms with Gasteiger partial charge in [-0.15, -0.1) is 0 Å². The van der Waals surface area contributed by atoms with Crippen LogP contribution in [0.4, 0.5) is 5.13 Å². The number of aryl methyl sites for hydroxylation is 2. The maximum atomic E-state index is 5.20. The molecule has 29 heavy (non-hydrogen) atoms. The Hall–Kier alpha value is -3.25. The molecule has 2 aromatic heterocycles. The standard InChI is InChI=1S/C23H20N4OS/c1-15-21-19(27(26-15)17-6-4-3-5-7-17)12-13-20-22(21)25-23(29-20)24-14-16-8-10-18(28-2)11-9-16/h3-11,14H,12-13H2,1-2H3/b24-14+. The van der Waals surface area contributed by atoms with Crippen LogP contribution in [0, 0.1) is 6.92 Å². The van der Waals surface area contributed by atoms with E-state index in [2.05, 4.69) is 28.7 Å². The van der Waals surface area contributed by atoms with Gasteiger partial charge in [-0.1, -0.05) is 29.5 Å². The number of methoxy groups -OCH3 is 1. The molecule has 2 aromatic carbocycles. The highest BCUT2D eigenvalue weighted by Crippen LogP contribution is 2.41. The van der Waals surface area contributed by atoms with Crippen LogP contribution >= 0.6 is 11.3 Å². The molecule has 0 radical (unpaired) electrons. The molecule has 0 aliphatic heterocycles. The molecule has 0 spiro atoms. The van der Waals surface area contributed by atoms with Crippen LogP contribution in [0.2, 0.25) is 0 Å². The van der Waals surface area contributed by atoms with Crippen LogP contribution in [0.25, 0.3) is 16.9 Å². The number of nitrogens with zero attached hydrogens (tertiary/aromatic N) is 4. The van der Waals surface area contributed by atoms with Gasteiger partial charge in [-0.05, 0) is 61.7 Å². The minimum atomic E-state index is 0.783. The van der Waals surface area contributed by atoms with Crippen molar-refractivity contribution >= 4 is 22.7 Å². The van der Waals surface area contributed by atoms with Crippen LogP contribution in [-0.2, 0) is 12.8 Å². The van der Waals surface area contributed by atoms with E-state index in [0.29, 0.717) is 0 Å². The normalized spacial score (nSPS) is 12.8. The molecule has 1 aliphatic carbocycles. The minimum absolute atomic E-state index is 0.783. The number of aromatic nitrogens is 3. The van der Waals surface area contributed by atoms with Gasteiger partial charge in [0.2, 0.25) is 5.13 Å². The molecule has 1 aliphatic rings. The third kappa shape index (κ3) is 3.25. The fraction of sp³-hybridized carbons (Fsp3) is 0.174.